The summed E-state index contributed by atoms with van der Waals surface area (Å²) in [6.07, 6.45) is 14.6. The number of carbonyl (C=O) groups is 4. The number of rotatable bonds is 17. The Hall–Kier alpha value is -2.12. The van der Waals surface area contributed by atoms with Crippen molar-refractivity contribution in [2.45, 2.75) is 182 Å². The minimum Gasteiger partial charge on any atom is -0.466 e. The van der Waals surface area contributed by atoms with E-state index < -0.39 is 0 Å². The van der Waals surface area contributed by atoms with E-state index in [1.165, 1.54) is 25.7 Å². The van der Waals surface area contributed by atoms with E-state index >= 15 is 0 Å². The zero-order chi connectivity index (χ0) is 35.8. The van der Waals surface area contributed by atoms with E-state index in [1.807, 2.05) is 20.8 Å². The highest BCUT2D eigenvalue weighted by Crippen LogP contribution is 2.69. The molecule has 0 spiro atoms. The second kappa shape index (κ2) is 17.9. The van der Waals surface area contributed by atoms with Crippen LogP contribution in [-0.2, 0) is 38.1 Å². The van der Waals surface area contributed by atoms with Crippen molar-refractivity contribution in [3.63, 3.8) is 0 Å². The first kappa shape index (κ1) is 39.7. The number of fused-ring (bicyclic) bond motifs is 5. The lowest BCUT2D eigenvalue weighted by Crippen LogP contribution is -2.63. The molecule has 0 N–H and O–H groups in total. The van der Waals surface area contributed by atoms with Crippen LogP contribution in [0.5, 0.6) is 0 Å². The van der Waals surface area contributed by atoms with Crippen molar-refractivity contribution in [2.24, 2.45) is 46.3 Å². The minimum atomic E-state index is -0.290. The van der Waals surface area contributed by atoms with Gasteiger partial charge in [-0.05, 0) is 92.8 Å². The Bertz CT molecular complexity index is 1120. The molecule has 0 aromatic heterocycles. The van der Waals surface area contributed by atoms with Crippen LogP contribution in [0.15, 0.2) is 0 Å². The minimum absolute atomic E-state index is 0.0312. The molecule has 49 heavy (non-hydrogen) atoms. The summed E-state index contributed by atoms with van der Waals surface area (Å²) < 4.78 is 24.3. The van der Waals surface area contributed by atoms with Gasteiger partial charge in [0.25, 0.3) is 0 Å². The second-order valence-corrected chi connectivity index (χ2v) is 16.5. The predicted molar refractivity (Wildman–Crippen MR) is 189 cm³/mol. The van der Waals surface area contributed by atoms with E-state index in [-0.39, 0.29) is 88.5 Å². The van der Waals surface area contributed by atoms with Crippen LogP contribution < -0.4 is 0 Å². The molecular formula is C41H68O8. The fraction of sp³-hybridized carbons (Fsp3) is 0.902. The monoisotopic (exact) mass is 688 g/mol. The lowest BCUT2D eigenvalue weighted by atomic mass is 9.43. The number of hydrogen-bond donors (Lipinski definition) is 0. The van der Waals surface area contributed by atoms with Crippen LogP contribution in [-0.4, -0.2) is 48.8 Å². The zero-order valence-electron chi connectivity index (χ0n) is 31.9. The van der Waals surface area contributed by atoms with Gasteiger partial charge in [0, 0.05) is 37.0 Å². The third-order valence-electron chi connectivity index (χ3n) is 13.7. The summed E-state index contributed by atoms with van der Waals surface area (Å²) in [5.74, 6) is 0.801. The molecule has 0 heterocycles. The number of esters is 4. The molecule has 0 bridgehead atoms. The highest BCUT2D eigenvalue weighted by atomic mass is 16.6. The highest BCUT2D eigenvalue weighted by molar-refractivity contribution is 5.70. The number of carbonyl (C=O) groups excluding carboxylic acids is 4. The molecule has 11 atom stereocenters. The van der Waals surface area contributed by atoms with Crippen molar-refractivity contribution < 1.29 is 38.1 Å². The molecule has 8 nitrogen and oxygen atoms in total. The van der Waals surface area contributed by atoms with Gasteiger partial charge in [0.1, 0.15) is 18.3 Å². The lowest BCUT2D eigenvalue weighted by Gasteiger charge is -2.64. The molecule has 4 saturated carbocycles. The van der Waals surface area contributed by atoms with Crippen molar-refractivity contribution in [3.05, 3.63) is 0 Å². The summed E-state index contributed by atoms with van der Waals surface area (Å²) in [6, 6.07) is 0. The summed E-state index contributed by atoms with van der Waals surface area (Å²) in [5, 5.41) is 0. The van der Waals surface area contributed by atoms with Gasteiger partial charge in [-0.1, -0.05) is 80.6 Å². The topological polar surface area (TPSA) is 105 Å². The quantitative estimate of drug-likeness (QED) is 0.0847. The van der Waals surface area contributed by atoms with Gasteiger partial charge < -0.3 is 18.9 Å². The average Bonchev–Trinajstić information content (AvgIpc) is 3.45. The molecule has 280 valence electrons. The summed E-state index contributed by atoms with van der Waals surface area (Å²) in [5.41, 5.74) is -0.321. The molecule has 4 aliphatic rings. The van der Waals surface area contributed by atoms with Crippen LogP contribution in [0, 0.1) is 46.3 Å². The van der Waals surface area contributed by atoms with Crippen LogP contribution >= 0.6 is 0 Å². The van der Waals surface area contributed by atoms with Crippen LogP contribution in [0.1, 0.15) is 164 Å². The van der Waals surface area contributed by atoms with E-state index in [4.69, 9.17) is 18.9 Å². The molecule has 4 aliphatic carbocycles. The van der Waals surface area contributed by atoms with Crippen molar-refractivity contribution in [3.8, 4) is 0 Å². The molecule has 0 amide bonds. The van der Waals surface area contributed by atoms with E-state index in [0.717, 1.165) is 64.2 Å². The van der Waals surface area contributed by atoms with Crippen LogP contribution in [0.25, 0.3) is 0 Å². The third-order valence-corrected chi connectivity index (χ3v) is 13.7. The Kier molecular flexibility index (Phi) is 14.5. The SMILES string of the molecule is CCCCCCCCOC(=O)CC[C@@H](C)[C@H]1CC[C@H]2C3[C@H](OC(=O)CC)CC4C[C@H](OC(=O)CC)CC[C@]4(C)[C@H]3C[C@H](OC(=O)CC)[C@]12C. The largest absolute Gasteiger partial charge is 0.466 e. The Balaban J connectivity index is 1.53. The molecule has 2 unspecified atom stereocenters. The summed E-state index contributed by atoms with van der Waals surface area (Å²) >= 11 is 0. The van der Waals surface area contributed by atoms with E-state index in [2.05, 4.69) is 27.7 Å². The van der Waals surface area contributed by atoms with Gasteiger partial charge in [-0.15, -0.1) is 0 Å². The number of ether oxygens (including phenoxy) is 4. The summed E-state index contributed by atoms with van der Waals surface area (Å²) in [4.78, 5) is 51.0. The lowest BCUT2D eigenvalue weighted by molar-refractivity contribution is -0.225. The third kappa shape index (κ3) is 9.04. The maximum atomic E-state index is 13.0. The molecule has 4 rings (SSSR count). The number of hydrogen-bond acceptors (Lipinski definition) is 8. The zero-order valence-corrected chi connectivity index (χ0v) is 31.9. The Labute approximate surface area is 296 Å². The standard InChI is InChI=1S/C41H68O8/c1-8-12-13-14-15-16-23-46-38(45)20-17-27(5)30-18-19-31-39-32(26-34(41(30,31)7)49-37(44)11-4)40(6)22-21-29(47-35(42)9-2)24-28(40)25-33(39)48-36(43)10-3/h27-34,39H,8-26H2,1-7H3/t27-,28?,29-,30-,31+,32+,33-,34+,39?,40+,41-/m1/s1. The van der Waals surface area contributed by atoms with Crippen molar-refractivity contribution >= 4 is 23.9 Å². The first-order chi connectivity index (χ1) is 23.4. The predicted octanol–water partition coefficient (Wildman–Crippen LogP) is 9.15. The van der Waals surface area contributed by atoms with Crippen LogP contribution in [0.2, 0.25) is 0 Å². The highest BCUT2D eigenvalue weighted by Gasteiger charge is 2.67. The Morgan fingerprint density at radius 2 is 1.37 bits per heavy atom. The van der Waals surface area contributed by atoms with Crippen molar-refractivity contribution in [1.82, 2.24) is 0 Å². The van der Waals surface area contributed by atoms with E-state index in [9.17, 15) is 19.2 Å². The molecule has 8 heteroatoms. The van der Waals surface area contributed by atoms with Gasteiger partial charge in [-0.25, -0.2) is 0 Å². The smallest absolute Gasteiger partial charge is 0.305 e. The van der Waals surface area contributed by atoms with Crippen molar-refractivity contribution in [2.75, 3.05) is 6.61 Å². The Morgan fingerprint density at radius 3 is 2.06 bits per heavy atom. The van der Waals surface area contributed by atoms with Gasteiger partial charge >= 0.3 is 23.9 Å². The van der Waals surface area contributed by atoms with Gasteiger partial charge in [0.2, 0.25) is 0 Å². The second-order valence-electron chi connectivity index (χ2n) is 16.5. The van der Waals surface area contributed by atoms with Gasteiger partial charge in [-0.2, -0.15) is 0 Å². The summed E-state index contributed by atoms with van der Waals surface area (Å²) in [6.45, 7) is 15.2. The molecule has 0 aromatic carbocycles. The maximum Gasteiger partial charge on any atom is 0.305 e. The van der Waals surface area contributed by atoms with Gasteiger partial charge in [0.15, 0.2) is 0 Å². The van der Waals surface area contributed by atoms with E-state index in [0.29, 0.717) is 32.3 Å². The summed E-state index contributed by atoms with van der Waals surface area (Å²) in [7, 11) is 0. The number of unbranched alkanes of at least 4 members (excludes halogenated alkanes) is 5. The molecule has 0 radical (unpaired) electrons. The molecule has 0 saturated heterocycles. The van der Waals surface area contributed by atoms with E-state index in [1.54, 1.807) is 0 Å². The molecule has 0 aromatic rings. The Morgan fingerprint density at radius 1 is 0.714 bits per heavy atom. The maximum absolute atomic E-state index is 13.0. The van der Waals surface area contributed by atoms with Gasteiger partial charge in [-0.3, -0.25) is 19.2 Å². The molecule has 0 aliphatic heterocycles. The molecule has 4 fully saturated rings. The normalized spacial score (nSPS) is 35.7. The fourth-order valence-electron chi connectivity index (χ4n) is 10.9. The van der Waals surface area contributed by atoms with Crippen molar-refractivity contribution in [1.29, 1.82) is 0 Å². The first-order valence-electron chi connectivity index (χ1n) is 20.2. The van der Waals surface area contributed by atoms with Gasteiger partial charge in [0.05, 0.1) is 6.61 Å². The molecular weight excluding hydrogens is 620 g/mol. The van der Waals surface area contributed by atoms with Crippen LogP contribution in [0.3, 0.4) is 0 Å². The van der Waals surface area contributed by atoms with Crippen LogP contribution in [0.4, 0.5) is 0 Å². The first-order valence-corrected chi connectivity index (χ1v) is 20.2. The fourth-order valence-corrected chi connectivity index (χ4v) is 10.9. The average molecular weight is 689 g/mol.